The summed E-state index contributed by atoms with van der Waals surface area (Å²) >= 11 is 0. The Hall–Kier alpha value is -3.02. The Morgan fingerprint density at radius 3 is 2.30 bits per heavy atom. The van der Waals surface area contributed by atoms with Crippen LogP contribution in [0.15, 0.2) is 54.6 Å². The molecule has 0 spiro atoms. The van der Waals surface area contributed by atoms with Crippen LogP contribution in [0.3, 0.4) is 0 Å². The maximum atomic E-state index is 12.6. The van der Waals surface area contributed by atoms with E-state index in [0.717, 1.165) is 29.8 Å². The highest BCUT2D eigenvalue weighted by atomic mass is 16.2. The van der Waals surface area contributed by atoms with E-state index in [1.54, 1.807) is 11.9 Å². The molecule has 2 aromatic carbocycles. The number of carbonyl (C=O) groups excluding carboxylic acids is 2. The molecule has 2 aromatic rings. The molecule has 6 heteroatoms. The molecular formula is C21H26N4O2. The molecule has 3 amide bonds. The summed E-state index contributed by atoms with van der Waals surface area (Å²) in [6.07, 6.45) is 2.11. The van der Waals surface area contributed by atoms with Crippen LogP contribution in [0.2, 0.25) is 0 Å². The number of anilines is 2. The second kappa shape index (κ2) is 8.58. The largest absolute Gasteiger partial charge is 0.374 e. The zero-order chi connectivity index (χ0) is 19.2. The van der Waals surface area contributed by atoms with E-state index in [1.165, 1.54) is 0 Å². The van der Waals surface area contributed by atoms with Crippen molar-refractivity contribution < 1.29 is 9.59 Å². The van der Waals surface area contributed by atoms with Crippen LogP contribution in [0.1, 0.15) is 25.3 Å². The van der Waals surface area contributed by atoms with Gasteiger partial charge >= 0.3 is 6.03 Å². The molecular weight excluding hydrogens is 340 g/mol. The summed E-state index contributed by atoms with van der Waals surface area (Å²) in [5, 5.41) is 8.90. The molecule has 1 atom stereocenters. The molecule has 0 aromatic heterocycles. The van der Waals surface area contributed by atoms with Crippen molar-refractivity contribution in [2.75, 3.05) is 17.7 Å². The molecule has 6 nitrogen and oxygen atoms in total. The van der Waals surface area contributed by atoms with Crippen molar-refractivity contribution in [2.24, 2.45) is 0 Å². The van der Waals surface area contributed by atoms with Gasteiger partial charge in [0.05, 0.1) is 0 Å². The molecule has 1 aliphatic carbocycles. The third-order valence-electron chi connectivity index (χ3n) is 4.45. The second-order valence-electron chi connectivity index (χ2n) is 7.00. The van der Waals surface area contributed by atoms with Gasteiger partial charge in [0.1, 0.15) is 6.04 Å². The molecule has 1 saturated carbocycles. The minimum atomic E-state index is -0.351. The molecule has 0 saturated heterocycles. The summed E-state index contributed by atoms with van der Waals surface area (Å²) in [4.78, 5) is 26.0. The average molecular weight is 366 g/mol. The van der Waals surface area contributed by atoms with Crippen LogP contribution >= 0.6 is 0 Å². The summed E-state index contributed by atoms with van der Waals surface area (Å²) in [5.41, 5.74) is 2.65. The lowest BCUT2D eigenvalue weighted by molar-refractivity contribution is -0.130. The van der Waals surface area contributed by atoms with E-state index in [0.29, 0.717) is 12.6 Å². The van der Waals surface area contributed by atoms with Crippen LogP contribution in [-0.4, -0.2) is 36.0 Å². The summed E-state index contributed by atoms with van der Waals surface area (Å²) in [7, 11) is 1.80. The fourth-order valence-electron chi connectivity index (χ4n) is 2.81. The van der Waals surface area contributed by atoms with Crippen LogP contribution in [0.4, 0.5) is 16.2 Å². The number of nitrogens with one attached hydrogen (secondary N) is 3. The normalized spacial score (nSPS) is 14.1. The predicted octanol–water partition coefficient (Wildman–Crippen LogP) is 3.43. The molecule has 142 valence electrons. The minimum Gasteiger partial charge on any atom is -0.374 e. The molecule has 0 heterocycles. The predicted molar refractivity (Wildman–Crippen MR) is 108 cm³/mol. The SMILES string of the molecule is CC(Nc1ccc(NC(=O)NC2CC2)cc1)C(=O)N(C)Cc1ccccc1. The van der Waals surface area contributed by atoms with Gasteiger partial charge in [-0.3, -0.25) is 4.79 Å². The Morgan fingerprint density at radius 2 is 1.67 bits per heavy atom. The summed E-state index contributed by atoms with van der Waals surface area (Å²) < 4.78 is 0. The molecule has 0 aliphatic heterocycles. The lowest BCUT2D eigenvalue weighted by atomic mass is 10.2. The highest BCUT2D eigenvalue weighted by Crippen LogP contribution is 2.19. The maximum absolute atomic E-state index is 12.6. The molecule has 0 bridgehead atoms. The Bertz CT molecular complexity index is 773. The molecule has 27 heavy (non-hydrogen) atoms. The van der Waals surface area contributed by atoms with Gasteiger partial charge in [-0.2, -0.15) is 0 Å². The topological polar surface area (TPSA) is 73.5 Å². The molecule has 1 fully saturated rings. The van der Waals surface area contributed by atoms with E-state index in [9.17, 15) is 9.59 Å². The number of likely N-dealkylation sites (N-methyl/N-ethyl adjacent to an activating group) is 1. The maximum Gasteiger partial charge on any atom is 0.319 e. The minimum absolute atomic E-state index is 0.0184. The van der Waals surface area contributed by atoms with Crippen LogP contribution in [0.25, 0.3) is 0 Å². The van der Waals surface area contributed by atoms with Crippen LogP contribution in [-0.2, 0) is 11.3 Å². The molecule has 0 radical (unpaired) electrons. The fraction of sp³-hybridized carbons (Fsp3) is 0.333. The van der Waals surface area contributed by atoms with E-state index in [4.69, 9.17) is 0 Å². The number of rotatable bonds is 7. The van der Waals surface area contributed by atoms with Gasteiger partial charge in [-0.1, -0.05) is 30.3 Å². The van der Waals surface area contributed by atoms with Crippen molar-refractivity contribution >= 4 is 23.3 Å². The van der Waals surface area contributed by atoms with Crippen molar-refractivity contribution in [3.8, 4) is 0 Å². The van der Waals surface area contributed by atoms with Gasteiger partial charge < -0.3 is 20.9 Å². The highest BCUT2D eigenvalue weighted by molar-refractivity contribution is 5.90. The standard InChI is InChI=1S/C21H26N4O2/c1-15(20(26)25(2)14-16-6-4-3-5-7-16)22-17-8-10-18(11-9-17)23-21(27)24-19-12-13-19/h3-11,15,19,22H,12-14H2,1-2H3,(H2,23,24,27). The monoisotopic (exact) mass is 366 g/mol. The molecule has 1 aliphatic rings. The number of nitrogens with zero attached hydrogens (tertiary/aromatic N) is 1. The Morgan fingerprint density at radius 1 is 1.04 bits per heavy atom. The highest BCUT2D eigenvalue weighted by Gasteiger charge is 2.23. The van der Waals surface area contributed by atoms with E-state index in [1.807, 2.05) is 61.5 Å². The summed E-state index contributed by atoms with van der Waals surface area (Å²) in [6, 6.07) is 17.1. The third-order valence-corrected chi connectivity index (χ3v) is 4.45. The van der Waals surface area contributed by atoms with Crippen molar-refractivity contribution in [2.45, 2.75) is 38.4 Å². The second-order valence-corrected chi connectivity index (χ2v) is 7.00. The smallest absolute Gasteiger partial charge is 0.319 e. The van der Waals surface area contributed by atoms with Gasteiger partial charge in [-0.25, -0.2) is 4.79 Å². The van der Waals surface area contributed by atoms with E-state index >= 15 is 0 Å². The van der Waals surface area contributed by atoms with Crippen LogP contribution in [0.5, 0.6) is 0 Å². The molecule has 3 N–H and O–H groups in total. The van der Waals surface area contributed by atoms with Crippen molar-refractivity contribution in [3.63, 3.8) is 0 Å². The van der Waals surface area contributed by atoms with Gasteiger partial charge in [0.25, 0.3) is 0 Å². The number of benzene rings is 2. The average Bonchev–Trinajstić information content (AvgIpc) is 3.47. The van der Waals surface area contributed by atoms with E-state index in [2.05, 4.69) is 16.0 Å². The summed E-state index contributed by atoms with van der Waals surface area (Å²) in [6.45, 7) is 2.42. The third kappa shape index (κ3) is 5.74. The Labute approximate surface area is 159 Å². The molecule has 1 unspecified atom stereocenters. The number of amides is 3. The Kier molecular flexibility index (Phi) is 5.96. The van der Waals surface area contributed by atoms with E-state index in [-0.39, 0.29) is 18.0 Å². The van der Waals surface area contributed by atoms with Crippen molar-refractivity contribution in [3.05, 3.63) is 60.2 Å². The van der Waals surface area contributed by atoms with Gasteiger partial charge in [0.15, 0.2) is 0 Å². The number of carbonyl (C=O) groups is 2. The van der Waals surface area contributed by atoms with Gasteiger partial charge in [0, 0.05) is 31.0 Å². The van der Waals surface area contributed by atoms with Gasteiger partial charge in [-0.05, 0) is 49.6 Å². The fourth-order valence-corrected chi connectivity index (χ4v) is 2.81. The van der Waals surface area contributed by atoms with Crippen LogP contribution < -0.4 is 16.0 Å². The Balaban J connectivity index is 1.49. The van der Waals surface area contributed by atoms with Gasteiger partial charge in [-0.15, -0.1) is 0 Å². The zero-order valence-corrected chi connectivity index (χ0v) is 15.7. The first-order valence-corrected chi connectivity index (χ1v) is 9.24. The summed E-state index contributed by atoms with van der Waals surface area (Å²) in [5.74, 6) is 0.0184. The number of hydrogen-bond donors (Lipinski definition) is 3. The molecule has 3 rings (SSSR count). The first-order chi connectivity index (χ1) is 13.0. The lowest BCUT2D eigenvalue weighted by Crippen LogP contribution is -2.38. The first kappa shape index (κ1) is 18.8. The zero-order valence-electron chi connectivity index (χ0n) is 15.7. The first-order valence-electron chi connectivity index (χ1n) is 9.24. The van der Waals surface area contributed by atoms with E-state index < -0.39 is 0 Å². The van der Waals surface area contributed by atoms with Gasteiger partial charge in [0.2, 0.25) is 5.91 Å². The lowest BCUT2D eigenvalue weighted by Gasteiger charge is -2.23. The van der Waals surface area contributed by atoms with Crippen molar-refractivity contribution in [1.29, 1.82) is 0 Å². The quantitative estimate of drug-likeness (QED) is 0.703. The van der Waals surface area contributed by atoms with Crippen LogP contribution in [0, 0.1) is 0 Å². The number of hydrogen-bond acceptors (Lipinski definition) is 3. The van der Waals surface area contributed by atoms with Crippen molar-refractivity contribution in [1.82, 2.24) is 10.2 Å². The number of urea groups is 1.